The van der Waals surface area contributed by atoms with Crippen molar-refractivity contribution in [2.75, 3.05) is 10.6 Å². The fourth-order valence-electron chi connectivity index (χ4n) is 2.86. The third kappa shape index (κ3) is 2.90. The maximum atomic E-state index is 11.9. The molecule has 0 aliphatic rings. The van der Waals surface area contributed by atoms with Crippen LogP contribution < -0.4 is 21.5 Å². The molecule has 3 aromatic carbocycles. The number of hydrogen-bond acceptors (Lipinski definition) is 6. The molecule has 0 radical (unpaired) electrons. The van der Waals surface area contributed by atoms with Gasteiger partial charge < -0.3 is 20.7 Å². The molecule has 0 saturated carbocycles. The number of nitrogens with one attached hydrogen (secondary N) is 3. The maximum absolute atomic E-state index is 11.9. The minimum absolute atomic E-state index is 0.154. The molecular formula is C19H16N4O3. The van der Waals surface area contributed by atoms with Crippen LogP contribution in [0, 0.1) is 0 Å². The molecule has 7 nitrogen and oxygen atoms in total. The van der Waals surface area contributed by atoms with Crippen LogP contribution in [0.4, 0.5) is 11.4 Å². The number of fused-ring (bicyclic) bond motifs is 1. The van der Waals surface area contributed by atoms with Gasteiger partial charge in [0.05, 0.1) is 17.4 Å². The Balaban J connectivity index is 1.46. The zero-order valence-electron chi connectivity index (χ0n) is 13.7. The summed E-state index contributed by atoms with van der Waals surface area (Å²) in [5, 5.41) is 15.5. The first-order chi connectivity index (χ1) is 12.6. The second-order valence-corrected chi connectivity index (χ2v) is 6.04. The molecule has 4 N–H and O–H groups in total. The van der Waals surface area contributed by atoms with Crippen LogP contribution in [-0.4, -0.2) is 15.1 Å². The highest BCUT2D eigenvalue weighted by molar-refractivity contribution is 5.76. The Morgan fingerprint density at radius 2 is 1.62 bits per heavy atom. The molecule has 7 heteroatoms. The number of phenols is 1. The first kappa shape index (κ1) is 15.9. The Morgan fingerprint density at radius 1 is 0.923 bits per heavy atom. The normalized spacial score (nSPS) is 11.1. The van der Waals surface area contributed by atoms with Crippen molar-refractivity contribution < 1.29 is 5.11 Å². The lowest BCUT2D eigenvalue weighted by Gasteiger charge is -2.15. The molecule has 0 bridgehead atoms. The van der Waals surface area contributed by atoms with Gasteiger partial charge in [0.1, 0.15) is 17.1 Å². The number of aromatic amines is 1. The summed E-state index contributed by atoms with van der Waals surface area (Å²) in [6, 6.07) is 12.5. The molecule has 0 aliphatic carbocycles. The van der Waals surface area contributed by atoms with Crippen LogP contribution in [0.1, 0.15) is 11.1 Å². The second-order valence-electron chi connectivity index (χ2n) is 6.04. The number of rotatable bonds is 6. The third-order valence-corrected chi connectivity index (χ3v) is 4.25. The van der Waals surface area contributed by atoms with E-state index >= 15 is 0 Å². The molecule has 0 unspecified atom stereocenters. The van der Waals surface area contributed by atoms with Crippen LogP contribution >= 0.6 is 0 Å². The molecule has 26 heavy (non-hydrogen) atoms. The van der Waals surface area contributed by atoms with Gasteiger partial charge in [0, 0.05) is 13.1 Å². The van der Waals surface area contributed by atoms with E-state index in [0.29, 0.717) is 13.1 Å². The molecule has 0 atom stereocenters. The maximum Gasteiger partial charge on any atom is 0.253 e. The van der Waals surface area contributed by atoms with Gasteiger partial charge in [-0.05, 0) is 35.4 Å². The molecule has 4 aromatic rings. The minimum Gasteiger partial charge on any atom is -0.508 e. The van der Waals surface area contributed by atoms with E-state index in [4.69, 9.17) is 0 Å². The minimum atomic E-state index is -0.532. The number of imidazole rings is 1. The zero-order valence-corrected chi connectivity index (χ0v) is 13.7. The van der Waals surface area contributed by atoms with Crippen molar-refractivity contribution in [3.05, 3.63) is 80.4 Å². The Hall–Kier alpha value is -3.61. The Kier molecular flexibility index (Phi) is 3.89. The summed E-state index contributed by atoms with van der Waals surface area (Å²) in [6.07, 6.45) is 1.63. The van der Waals surface area contributed by atoms with Gasteiger partial charge in [-0.2, -0.15) is 0 Å². The largest absolute Gasteiger partial charge is 0.508 e. The average molecular weight is 348 g/mol. The average Bonchev–Trinajstić information content (AvgIpc) is 3.11. The summed E-state index contributed by atoms with van der Waals surface area (Å²) in [5.41, 5.74) is 3.06. The van der Waals surface area contributed by atoms with Crippen molar-refractivity contribution in [1.29, 1.82) is 0 Å². The molecule has 0 amide bonds. The zero-order chi connectivity index (χ0) is 18.1. The summed E-state index contributed by atoms with van der Waals surface area (Å²) in [7, 11) is 0. The van der Waals surface area contributed by atoms with Crippen LogP contribution in [0.2, 0.25) is 0 Å². The first-order valence-corrected chi connectivity index (χ1v) is 8.13. The molecule has 4 rings (SSSR count). The summed E-state index contributed by atoms with van der Waals surface area (Å²) in [6.45, 7) is 0.752. The van der Waals surface area contributed by atoms with Crippen LogP contribution in [0.5, 0.6) is 5.75 Å². The summed E-state index contributed by atoms with van der Waals surface area (Å²) < 4.78 is 0. The van der Waals surface area contributed by atoms with Gasteiger partial charge in [-0.3, -0.25) is 9.59 Å². The molecule has 0 aliphatic heterocycles. The monoisotopic (exact) mass is 348 g/mol. The van der Waals surface area contributed by atoms with Crippen molar-refractivity contribution in [2.45, 2.75) is 13.1 Å². The van der Waals surface area contributed by atoms with Crippen molar-refractivity contribution in [3.63, 3.8) is 0 Å². The SMILES string of the molecule is O=c1c(NCc2cccc(O)c2)c(NCc2ccc3[nH]cnc3c2)c1=O. The van der Waals surface area contributed by atoms with Crippen molar-refractivity contribution >= 4 is 22.4 Å². The first-order valence-electron chi connectivity index (χ1n) is 8.13. The summed E-state index contributed by atoms with van der Waals surface area (Å²) in [5.74, 6) is 0.154. The van der Waals surface area contributed by atoms with Crippen LogP contribution in [0.25, 0.3) is 11.0 Å². The van der Waals surface area contributed by atoms with E-state index in [2.05, 4.69) is 20.6 Å². The van der Waals surface area contributed by atoms with Crippen molar-refractivity contribution in [1.82, 2.24) is 9.97 Å². The van der Waals surface area contributed by atoms with Crippen LogP contribution in [-0.2, 0) is 13.1 Å². The fourth-order valence-corrected chi connectivity index (χ4v) is 2.86. The number of benzene rings is 2. The topological polar surface area (TPSA) is 107 Å². The Bertz CT molecular complexity index is 1160. The van der Waals surface area contributed by atoms with E-state index in [-0.39, 0.29) is 17.1 Å². The number of hydrogen-bond donors (Lipinski definition) is 4. The molecule has 130 valence electrons. The van der Waals surface area contributed by atoms with E-state index in [1.807, 2.05) is 24.3 Å². The van der Waals surface area contributed by atoms with Gasteiger partial charge in [0.25, 0.3) is 10.9 Å². The van der Waals surface area contributed by atoms with E-state index in [1.165, 1.54) is 0 Å². The predicted octanol–water partition coefficient (Wildman–Crippen LogP) is 2.09. The Labute approximate surface area is 148 Å². The van der Waals surface area contributed by atoms with Crippen molar-refractivity contribution in [2.24, 2.45) is 0 Å². The number of phenolic OH excluding ortho intramolecular Hbond substituents is 1. The van der Waals surface area contributed by atoms with E-state index < -0.39 is 10.9 Å². The molecular weight excluding hydrogens is 332 g/mol. The highest BCUT2D eigenvalue weighted by atomic mass is 16.3. The van der Waals surface area contributed by atoms with Gasteiger partial charge in [-0.15, -0.1) is 0 Å². The quantitative estimate of drug-likeness (QED) is 0.398. The van der Waals surface area contributed by atoms with Gasteiger partial charge in [-0.1, -0.05) is 18.2 Å². The molecule has 0 saturated heterocycles. The summed E-state index contributed by atoms with van der Waals surface area (Å²) in [4.78, 5) is 30.9. The lowest BCUT2D eigenvalue weighted by atomic mass is 10.1. The smallest absolute Gasteiger partial charge is 0.253 e. The number of aromatic hydroxyl groups is 1. The number of H-pyrrole nitrogens is 1. The van der Waals surface area contributed by atoms with Gasteiger partial charge >= 0.3 is 0 Å². The highest BCUT2D eigenvalue weighted by Gasteiger charge is 2.20. The lowest BCUT2D eigenvalue weighted by molar-refractivity contribution is 0.474. The Morgan fingerprint density at radius 3 is 2.31 bits per heavy atom. The number of aromatic nitrogens is 2. The van der Waals surface area contributed by atoms with Gasteiger partial charge in [0.2, 0.25) is 0 Å². The van der Waals surface area contributed by atoms with E-state index in [0.717, 1.165) is 22.2 Å². The van der Waals surface area contributed by atoms with E-state index in [9.17, 15) is 14.7 Å². The molecule has 1 heterocycles. The molecule has 0 spiro atoms. The lowest BCUT2D eigenvalue weighted by Crippen LogP contribution is -2.37. The highest BCUT2D eigenvalue weighted by Crippen LogP contribution is 2.19. The fraction of sp³-hybridized carbons (Fsp3) is 0.105. The number of anilines is 2. The van der Waals surface area contributed by atoms with Crippen molar-refractivity contribution in [3.8, 4) is 5.75 Å². The van der Waals surface area contributed by atoms with Gasteiger partial charge in [0.15, 0.2) is 0 Å². The number of nitrogens with zero attached hydrogens (tertiary/aromatic N) is 1. The van der Waals surface area contributed by atoms with Crippen LogP contribution in [0.15, 0.2) is 58.4 Å². The standard InChI is InChI=1S/C19H16N4O3/c24-13-3-1-2-11(6-13)8-20-16-17(19(26)18(16)25)21-9-12-4-5-14-15(7-12)23-10-22-14/h1-7,10,20-21,24H,8-9H2,(H,22,23). The van der Waals surface area contributed by atoms with Crippen LogP contribution in [0.3, 0.4) is 0 Å². The molecule has 0 fully saturated rings. The van der Waals surface area contributed by atoms with E-state index in [1.54, 1.807) is 24.5 Å². The summed E-state index contributed by atoms with van der Waals surface area (Å²) >= 11 is 0. The predicted molar refractivity (Wildman–Crippen MR) is 100 cm³/mol. The van der Waals surface area contributed by atoms with Gasteiger partial charge in [-0.25, -0.2) is 4.98 Å². The second kappa shape index (κ2) is 6.36. The molecule has 1 aromatic heterocycles. The third-order valence-electron chi connectivity index (χ3n) is 4.25.